The Balaban J connectivity index is 2.13. The van der Waals surface area contributed by atoms with E-state index in [4.69, 9.17) is 0 Å². The van der Waals surface area contributed by atoms with Crippen LogP contribution >= 0.6 is 11.3 Å². The van der Waals surface area contributed by atoms with Gasteiger partial charge in [0.1, 0.15) is 5.00 Å². The highest BCUT2D eigenvalue weighted by atomic mass is 32.1. The van der Waals surface area contributed by atoms with Crippen molar-refractivity contribution >= 4 is 34.1 Å². The van der Waals surface area contributed by atoms with Crippen LogP contribution in [-0.4, -0.2) is 17.7 Å². The Kier molecular flexibility index (Phi) is 4.90. The van der Waals surface area contributed by atoms with Crippen LogP contribution in [0.4, 0.5) is 5.00 Å². The molecule has 0 fully saturated rings. The zero-order chi connectivity index (χ0) is 16.1. The second kappa shape index (κ2) is 6.86. The van der Waals surface area contributed by atoms with Crippen LogP contribution in [0.25, 0.3) is 0 Å². The molecule has 0 atom stereocenters. The van der Waals surface area contributed by atoms with E-state index < -0.39 is 5.91 Å². The maximum absolute atomic E-state index is 12.3. The van der Waals surface area contributed by atoms with Crippen LogP contribution in [0.1, 0.15) is 33.2 Å². The molecule has 3 N–H and O–H groups in total. The van der Waals surface area contributed by atoms with Gasteiger partial charge in [0.15, 0.2) is 0 Å². The quantitative estimate of drug-likeness (QED) is 0.758. The van der Waals surface area contributed by atoms with E-state index in [1.807, 2.05) is 19.1 Å². The zero-order valence-electron chi connectivity index (χ0n) is 12.1. The summed E-state index contributed by atoms with van der Waals surface area (Å²) < 4.78 is 0. The number of amides is 3. The van der Waals surface area contributed by atoms with Crippen molar-refractivity contribution in [3.63, 3.8) is 0 Å². The van der Waals surface area contributed by atoms with Crippen LogP contribution in [-0.2, 0) is 4.79 Å². The van der Waals surface area contributed by atoms with E-state index in [1.165, 1.54) is 18.3 Å². The van der Waals surface area contributed by atoms with Crippen molar-refractivity contribution in [1.82, 2.24) is 10.9 Å². The number of aryl methyl sites for hydroxylation is 1. The maximum atomic E-state index is 12.3. The van der Waals surface area contributed by atoms with E-state index in [9.17, 15) is 14.4 Å². The van der Waals surface area contributed by atoms with Crippen LogP contribution in [0.15, 0.2) is 35.7 Å². The first-order valence-corrected chi connectivity index (χ1v) is 7.38. The Morgan fingerprint density at radius 3 is 2.36 bits per heavy atom. The molecule has 0 saturated heterocycles. The summed E-state index contributed by atoms with van der Waals surface area (Å²) in [5, 5.41) is 4.84. The Morgan fingerprint density at radius 2 is 1.68 bits per heavy atom. The molecule has 0 aliphatic heterocycles. The largest absolute Gasteiger partial charge is 0.313 e. The molecule has 2 rings (SSSR count). The molecule has 0 unspecified atom stereocenters. The number of carbonyl (C=O) groups excluding carboxylic acids is 3. The van der Waals surface area contributed by atoms with Crippen LogP contribution in [0.5, 0.6) is 0 Å². The third kappa shape index (κ3) is 3.70. The highest BCUT2D eigenvalue weighted by molar-refractivity contribution is 7.14. The lowest BCUT2D eigenvalue weighted by Gasteiger charge is -2.09. The zero-order valence-corrected chi connectivity index (χ0v) is 12.9. The van der Waals surface area contributed by atoms with Gasteiger partial charge in [-0.3, -0.25) is 25.2 Å². The van der Waals surface area contributed by atoms with Crippen molar-refractivity contribution < 1.29 is 14.4 Å². The van der Waals surface area contributed by atoms with Crippen molar-refractivity contribution in [2.24, 2.45) is 0 Å². The molecule has 2 aromatic rings. The summed E-state index contributed by atoms with van der Waals surface area (Å²) in [6, 6.07) is 8.77. The molecule has 0 aliphatic rings. The molecule has 114 valence electrons. The van der Waals surface area contributed by atoms with Gasteiger partial charge in [-0.2, -0.15) is 0 Å². The standard InChI is InChI=1S/C15H15N3O3S/c1-9-5-3-4-6-11(9)13(20)16-15-12(7-8-22-15)14(21)18-17-10(2)19/h3-8H,1-2H3,(H,16,20)(H,17,19)(H,18,21). The summed E-state index contributed by atoms with van der Waals surface area (Å²) in [6.07, 6.45) is 0. The molecule has 7 heteroatoms. The molecule has 22 heavy (non-hydrogen) atoms. The van der Waals surface area contributed by atoms with Gasteiger partial charge in [0.2, 0.25) is 5.91 Å². The summed E-state index contributed by atoms with van der Waals surface area (Å²) in [5.41, 5.74) is 6.16. The molecule has 3 amide bonds. The number of anilines is 1. The number of hydrogen-bond donors (Lipinski definition) is 3. The molecule has 0 spiro atoms. The summed E-state index contributed by atoms with van der Waals surface area (Å²) in [5.74, 6) is -1.15. The fourth-order valence-electron chi connectivity index (χ4n) is 1.80. The lowest BCUT2D eigenvalue weighted by atomic mass is 10.1. The minimum atomic E-state index is -0.489. The van der Waals surface area contributed by atoms with Gasteiger partial charge in [0.05, 0.1) is 5.56 Å². The first-order chi connectivity index (χ1) is 10.5. The Morgan fingerprint density at radius 1 is 0.955 bits per heavy atom. The molecule has 6 nitrogen and oxygen atoms in total. The van der Waals surface area contributed by atoms with Gasteiger partial charge < -0.3 is 5.32 Å². The first kappa shape index (κ1) is 15.7. The van der Waals surface area contributed by atoms with Gasteiger partial charge in [-0.25, -0.2) is 0 Å². The van der Waals surface area contributed by atoms with Crippen molar-refractivity contribution in [2.45, 2.75) is 13.8 Å². The van der Waals surface area contributed by atoms with Crippen LogP contribution in [0.2, 0.25) is 0 Å². The Hall–Kier alpha value is -2.67. The molecule has 1 aromatic carbocycles. The molecular weight excluding hydrogens is 302 g/mol. The fourth-order valence-corrected chi connectivity index (χ4v) is 2.57. The normalized spacial score (nSPS) is 9.91. The number of thiophene rings is 1. The highest BCUT2D eigenvalue weighted by Crippen LogP contribution is 2.24. The minimum absolute atomic E-state index is 0.283. The molecule has 1 aromatic heterocycles. The topological polar surface area (TPSA) is 87.3 Å². The number of carbonyl (C=O) groups is 3. The molecule has 0 radical (unpaired) electrons. The van der Waals surface area contributed by atoms with E-state index in [0.717, 1.165) is 5.56 Å². The van der Waals surface area contributed by atoms with Gasteiger partial charge in [-0.15, -0.1) is 11.3 Å². The molecular formula is C15H15N3O3S. The van der Waals surface area contributed by atoms with Gasteiger partial charge in [-0.05, 0) is 30.0 Å². The van der Waals surface area contributed by atoms with E-state index in [1.54, 1.807) is 23.6 Å². The third-order valence-electron chi connectivity index (χ3n) is 2.88. The number of hydrazine groups is 1. The van der Waals surface area contributed by atoms with E-state index in [2.05, 4.69) is 16.2 Å². The molecule has 0 bridgehead atoms. The Bertz CT molecular complexity index is 724. The van der Waals surface area contributed by atoms with Crippen LogP contribution in [0, 0.1) is 6.92 Å². The summed E-state index contributed by atoms with van der Waals surface area (Å²) in [4.78, 5) is 35.0. The van der Waals surface area contributed by atoms with Gasteiger partial charge in [0.25, 0.3) is 11.8 Å². The van der Waals surface area contributed by atoms with Crippen molar-refractivity contribution in [1.29, 1.82) is 0 Å². The average Bonchev–Trinajstić information content (AvgIpc) is 2.93. The second-order valence-electron chi connectivity index (χ2n) is 4.57. The van der Waals surface area contributed by atoms with Crippen molar-refractivity contribution in [3.8, 4) is 0 Å². The van der Waals surface area contributed by atoms with Gasteiger partial charge in [0, 0.05) is 12.5 Å². The predicted octanol–water partition coefficient (Wildman–Crippen LogP) is 2.09. The van der Waals surface area contributed by atoms with E-state index >= 15 is 0 Å². The highest BCUT2D eigenvalue weighted by Gasteiger charge is 2.16. The Labute approximate surface area is 131 Å². The van der Waals surface area contributed by atoms with Crippen LogP contribution in [0.3, 0.4) is 0 Å². The van der Waals surface area contributed by atoms with Gasteiger partial charge in [-0.1, -0.05) is 18.2 Å². The van der Waals surface area contributed by atoms with Crippen molar-refractivity contribution in [3.05, 3.63) is 52.4 Å². The molecule has 1 heterocycles. The average molecular weight is 317 g/mol. The minimum Gasteiger partial charge on any atom is -0.313 e. The lowest BCUT2D eigenvalue weighted by Crippen LogP contribution is -2.40. The summed E-state index contributed by atoms with van der Waals surface area (Å²) in [7, 11) is 0. The number of benzene rings is 1. The predicted molar refractivity (Wildman–Crippen MR) is 84.7 cm³/mol. The summed E-state index contributed by atoms with van der Waals surface area (Å²) in [6.45, 7) is 3.13. The molecule has 0 saturated carbocycles. The smallest absolute Gasteiger partial charge is 0.272 e. The third-order valence-corrected chi connectivity index (χ3v) is 3.71. The number of nitrogens with one attached hydrogen (secondary N) is 3. The van der Waals surface area contributed by atoms with Crippen LogP contribution < -0.4 is 16.2 Å². The monoisotopic (exact) mass is 317 g/mol. The fraction of sp³-hybridized carbons (Fsp3) is 0.133. The number of hydrogen-bond acceptors (Lipinski definition) is 4. The maximum Gasteiger partial charge on any atom is 0.272 e. The number of rotatable bonds is 3. The first-order valence-electron chi connectivity index (χ1n) is 6.50. The van der Waals surface area contributed by atoms with Gasteiger partial charge >= 0.3 is 0 Å². The lowest BCUT2D eigenvalue weighted by molar-refractivity contribution is -0.119. The second-order valence-corrected chi connectivity index (χ2v) is 5.48. The van der Waals surface area contributed by atoms with Crippen molar-refractivity contribution in [2.75, 3.05) is 5.32 Å². The van der Waals surface area contributed by atoms with E-state index in [0.29, 0.717) is 16.1 Å². The summed E-state index contributed by atoms with van der Waals surface area (Å²) >= 11 is 1.24. The van der Waals surface area contributed by atoms with E-state index in [-0.39, 0.29) is 11.8 Å². The SMILES string of the molecule is CC(=O)NNC(=O)c1ccsc1NC(=O)c1ccccc1C. The molecule has 0 aliphatic carbocycles.